The molecule has 0 heterocycles. The van der Waals surface area contributed by atoms with Crippen molar-refractivity contribution in [3.63, 3.8) is 0 Å². The number of carbonyl (C=O) groups excluding carboxylic acids is 1. The molecule has 1 aromatic rings. The van der Waals surface area contributed by atoms with Gasteiger partial charge >= 0.3 is 6.09 Å². The fourth-order valence-corrected chi connectivity index (χ4v) is 2.62. The Bertz CT molecular complexity index is 477. The molecule has 1 rings (SSSR count). The lowest BCUT2D eigenvalue weighted by molar-refractivity contribution is -0.124. The second-order valence-corrected chi connectivity index (χ2v) is 6.06. The lowest BCUT2D eigenvalue weighted by atomic mass is 9.79. The standard InChI is InChI=1S/C14H17Cl2NO3/c1-9(2)8-14(17-13(19)20,11(18)12(15)16)10-6-4-3-5-7-10/h3-7,9,12,17H,8H2,1-2H3,(H,19,20). The number of rotatable bonds is 6. The topological polar surface area (TPSA) is 66.4 Å². The van der Waals surface area contributed by atoms with E-state index in [4.69, 9.17) is 28.3 Å². The van der Waals surface area contributed by atoms with Crippen LogP contribution in [0.4, 0.5) is 4.79 Å². The lowest BCUT2D eigenvalue weighted by Gasteiger charge is -2.34. The summed E-state index contributed by atoms with van der Waals surface area (Å²) in [5.41, 5.74) is -0.900. The quantitative estimate of drug-likeness (QED) is 0.788. The largest absolute Gasteiger partial charge is 0.465 e. The Morgan fingerprint density at radius 2 is 1.80 bits per heavy atom. The van der Waals surface area contributed by atoms with Crippen LogP contribution in [0.15, 0.2) is 30.3 Å². The van der Waals surface area contributed by atoms with Gasteiger partial charge in [0.25, 0.3) is 0 Å². The molecule has 0 aliphatic rings. The first-order valence-electron chi connectivity index (χ1n) is 6.18. The average molecular weight is 318 g/mol. The molecule has 0 aliphatic carbocycles. The molecular formula is C14H17Cl2NO3. The number of hydrogen-bond acceptors (Lipinski definition) is 2. The minimum atomic E-state index is -1.44. The Morgan fingerprint density at radius 1 is 1.25 bits per heavy atom. The zero-order valence-electron chi connectivity index (χ0n) is 11.3. The number of nitrogens with one attached hydrogen (secondary N) is 1. The summed E-state index contributed by atoms with van der Waals surface area (Å²) >= 11 is 11.4. The highest BCUT2D eigenvalue weighted by atomic mass is 35.5. The smallest absolute Gasteiger partial charge is 0.405 e. The maximum Gasteiger partial charge on any atom is 0.405 e. The summed E-state index contributed by atoms with van der Waals surface area (Å²) in [6.07, 6.45) is -1.02. The van der Waals surface area contributed by atoms with Gasteiger partial charge in [-0.1, -0.05) is 67.4 Å². The number of alkyl halides is 2. The van der Waals surface area contributed by atoms with Gasteiger partial charge in [-0.05, 0) is 17.9 Å². The molecular weight excluding hydrogens is 301 g/mol. The van der Waals surface area contributed by atoms with Crippen LogP contribution in [0.1, 0.15) is 25.8 Å². The van der Waals surface area contributed by atoms with E-state index in [-0.39, 0.29) is 12.3 Å². The van der Waals surface area contributed by atoms with Gasteiger partial charge in [-0.25, -0.2) is 4.79 Å². The minimum absolute atomic E-state index is 0.0677. The minimum Gasteiger partial charge on any atom is -0.465 e. The summed E-state index contributed by atoms with van der Waals surface area (Å²) in [4.78, 5) is 22.3. The Labute approximate surface area is 128 Å². The van der Waals surface area contributed by atoms with E-state index in [2.05, 4.69) is 5.32 Å². The maximum atomic E-state index is 12.4. The number of Topliss-reactive ketones (excluding diaryl/α,β-unsaturated/α-hetero) is 1. The summed E-state index contributed by atoms with van der Waals surface area (Å²) < 4.78 is 0. The summed E-state index contributed by atoms with van der Waals surface area (Å²) in [5.74, 6) is -0.499. The Kier molecular flexibility index (Phi) is 5.84. The van der Waals surface area contributed by atoms with Gasteiger partial charge in [0.05, 0.1) is 0 Å². The molecule has 1 unspecified atom stereocenters. The van der Waals surface area contributed by atoms with Crippen LogP contribution in [0.25, 0.3) is 0 Å². The van der Waals surface area contributed by atoms with Gasteiger partial charge in [-0.15, -0.1) is 0 Å². The summed E-state index contributed by atoms with van der Waals surface area (Å²) in [6, 6.07) is 8.63. The number of benzene rings is 1. The third kappa shape index (κ3) is 3.87. The van der Waals surface area contributed by atoms with Crippen LogP contribution in [0, 0.1) is 5.92 Å². The number of ketones is 1. The summed E-state index contributed by atoms with van der Waals surface area (Å²) in [5, 5.41) is 11.4. The van der Waals surface area contributed by atoms with Crippen molar-refractivity contribution in [3.8, 4) is 0 Å². The molecule has 1 amide bonds. The van der Waals surface area contributed by atoms with Gasteiger partial charge in [0.2, 0.25) is 0 Å². The number of amides is 1. The van der Waals surface area contributed by atoms with E-state index in [0.29, 0.717) is 5.56 Å². The van der Waals surface area contributed by atoms with Gasteiger partial charge in [0.1, 0.15) is 5.54 Å². The predicted octanol–water partition coefficient (Wildman–Crippen LogP) is 3.57. The van der Waals surface area contributed by atoms with Crippen molar-refractivity contribution in [2.75, 3.05) is 0 Å². The first-order valence-corrected chi connectivity index (χ1v) is 7.06. The van der Waals surface area contributed by atoms with Crippen LogP contribution >= 0.6 is 23.2 Å². The van der Waals surface area contributed by atoms with E-state index in [0.717, 1.165) is 0 Å². The second kappa shape index (κ2) is 6.95. The molecule has 6 heteroatoms. The molecule has 0 saturated heterocycles. The Balaban J connectivity index is 3.40. The first-order chi connectivity index (χ1) is 9.29. The van der Waals surface area contributed by atoms with Crippen molar-refractivity contribution in [3.05, 3.63) is 35.9 Å². The van der Waals surface area contributed by atoms with E-state index >= 15 is 0 Å². The molecule has 20 heavy (non-hydrogen) atoms. The molecule has 0 radical (unpaired) electrons. The molecule has 4 nitrogen and oxygen atoms in total. The van der Waals surface area contributed by atoms with E-state index < -0.39 is 22.3 Å². The number of carboxylic acid groups (broad SMARTS) is 1. The van der Waals surface area contributed by atoms with E-state index in [9.17, 15) is 9.59 Å². The molecule has 1 atom stereocenters. The highest BCUT2D eigenvalue weighted by Crippen LogP contribution is 2.33. The molecule has 1 aromatic carbocycles. The van der Waals surface area contributed by atoms with Crippen LogP contribution in [-0.2, 0) is 10.3 Å². The van der Waals surface area contributed by atoms with Crippen LogP contribution in [0.2, 0.25) is 0 Å². The van der Waals surface area contributed by atoms with Crippen LogP contribution in [0.3, 0.4) is 0 Å². The summed E-state index contributed by atoms with van der Waals surface area (Å²) in [7, 11) is 0. The highest BCUT2D eigenvalue weighted by Gasteiger charge is 2.44. The molecule has 0 fully saturated rings. The second-order valence-electron chi connectivity index (χ2n) is 4.96. The van der Waals surface area contributed by atoms with Gasteiger partial charge < -0.3 is 10.4 Å². The third-order valence-corrected chi connectivity index (χ3v) is 3.32. The van der Waals surface area contributed by atoms with E-state index in [1.165, 1.54) is 0 Å². The highest BCUT2D eigenvalue weighted by molar-refractivity contribution is 6.54. The van der Waals surface area contributed by atoms with E-state index in [1.807, 2.05) is 13.8 Å². The average Bonchev–Trinajstić information content (AvgIpc) is 2.36. The van der Waals surface area contributed by atoms with Crippen molar-refractivity contribution >= 4 is 35.1 Å². The molecule has 2 N–H and O–H groups in total. The third-order valence-electron chi connectivity index (χ3n) is 2.92. The zero-order valence-corrected chi connectivity index (χ0v) is 12.8. The molecule has 0 saturated carbocycles. The van der Waals surface area contributed by atoms with Crippen molar-refractivity contribution < 1.29 is 14.7 Å². The molecule has 0 aromatic heterocycles. The van der Waals surface area contributed by atoms with Gasteiger partial charge in [-0.3, -0.25) is 4.79 Å². The molecule has 0 aliphatic heterocycles. The van der Waals surface area contributed by atoms with Crippen molar-refractivity contribution in [1.29, 1.82) is 0 Å². The lowest BCUT2D eigenvalue weighted by Crippen LogP contribution is -2.54. The van der Waals surface area contributed by atoms with Crippen molar-refractivity contribution in [2.24, 2.45) is 5.92 Å². The number of carbonyl (C=O) groups is 2. The maximum absolute atomic E-state index is 12.4. The monoisotopic (exact) mass is 317 g/mol. The van der Waals surface area contributed by atoms with Gasteiger partial charge in [0, 0.05) is 0 Å². The Hall–Kier alpha value is -1.26. The van der Waals surface area contributed by atoms with Crippen LogP contribution in [-0.4, -0.2) is 21.8 Å². The fourth-order valence-electron chi connectivity index (χ4n) is 2.25. The number of halogens is 2. The van der Waals surface area contributed by atoms with Crippen molar-refractivity contribution in [1.82, 2.24) is 5.32 Å². The Morgan fingerprint density at radius 3 is 2.20 bits per heavy atom. The molecule has 0 bridgehead atoms. The SMILES string of the molecule is CC(C)CC(NC(=O)O)(C(=O)C(Cl)Cl)c1ccccc1. The van der Waals surface area contributed by atoms with Crippen LogP contribution in [0.5, 0.6) is 0 Å². The summed E-state index contributed by atoms with van der Waals surface area (Å²) in [6.45, 7) is 3.79. The van der Waals surface area contributed by atoms with E-state index in [1.54, 1.807) is 30.3 Å². The number of hydrogen-bond donors (Lipinski definition) is 2. The van der Waals surface area contributed by atoms with Gasteiger partial charge in [0.15, 0.2) is 10.6 Å². The molecule has 110 valence electrons. The van der Waals surface area contributed by atoms with Gasteiger partial charge in [-0.2, -0.15) is 0 Å². The normalized spacial score (nSPS) is 14.1. The first kappa shape index (κ1) is 16.8. The zero-order chi connectivity index (χ0) is 15.3. The fraction of sp³-hybridized carbons (Fsp3) is 0.429. The van der Waals surface area contributed by atoms with Crippen molar-refractivity contribution in [2.45, 2.75) is 30.6 Å². The van der Waals surface area contributed by atoms with Crippen LogP contribution < -0.4 is 5.32 Å². The molecule has 0 spiro atoms. The predicted molar refractivity (Wildman–Crippen MR) is 79.2 cm³/mol.